The Kier molecular flexibility index (Phi) is 7.74. The summed E-state index contributed by atoms with van der Waals surface area (Å²) in [6.07, 6.45) is 1.68. The van der Waals surface area contributed by atoms with E-state index in [1.807, 2.05) is 0 Å². The van der Waals surface area contributed by atoms with E-state index in [4.69, 9.17) is 13.8 Å². The Bertz CT molecular complexity index is 332. The number of likely N-dealkylation sites (tertiary alicyclic amines) is 1. The van der Waals surface area contributed by atoms with E-state index in [-0.39, 0.29) is 25.3 Å². The highest BCUT2D eigenvalue weighted by Crippen LogP contribution is 2.48. The fourth-order valence-electron chi connectivity index (χ4n) is 2.37. The first-order chi connectivity index (χ1) is 9.54. The highest BCUT2D eigenvalue weighted by atomic mass is 31.2. The second-order valence-corrected chi connectivity index (χ2v) is 6.94. The van der Waals surface area contributed by atoms with Gasteiger partial charge in [0.05, 0.1) is 13.2 Å². The maximum absolute atomic E-state index is 12.3. The van der Waals surface area contributed by atoms with E-state index in [1.54, 1.807) is 25.9 Å². The van der Waals surface area contributed by atoms with Gasteiger partial charge in [0.25, 0.3) is 0 Å². The van der Waals surface area contributed by atoms with E-state index in [0.717, 1.165) is 19.4 Å². The van der Waals surface area contributed by atoms with Gasteiger partial charge in [0.15, 0.2) is 0 Å². The fraction of sp³-hybridized carbons (Fsp3) is 0.923. The number of hydrogen-bond donors (Lipinski definition) is 0. The van der Waals surface area contributed by atoms with Crippen molar-refractivity contribution in [1.82, 2.24) is 4.90 Å². The topological polar surface area (TPSA) is 65.1 Å². The summed E-state index contributed by atoms with van der Waals surface area (Å²) < 4.78 is 27.8. The number of amides is 1. The van der Waals surface area contributed by atoms with Crippen LogP contribution in [-0.4, -0.2) is 57.0 Å². The van der Waals surface area contributed by atoms with Crippen molar-refractivity contribution in [2.75, 3.05) is 46.2 Å². The van der Waals surface area contributed by atoms with Gasteiger partial charge in [-0.25, -0.2) is 0 Å². The van der Waals surface area contributed by atoms with Crippen LogP contribution in [0.3, 0.4) is 0 Å². The first-order valence-corrected chi connectivity index (χ1v) is 8.92. The molecule has 1 fully saturated rings. The fourth-order valence-corrected chi connectivity index (χ4v) is 3.95. The van der Waals surface area contributed by atoms with Gasteiger partial charge in [-0.2, -0.15) is 0 Å². The van der Waals surface area contributed by atoms with Gasteiger partial charge in [-0.1, -0.05) is 0 Å². The zero-order valence-electron chi connectivity index (χ0n) is 12.7. The van der Waals surface area contributed by atoms with Gasteiger partial charge < -0.3 is 18.7 Å². The molecule has 0 atom stereocenters. The summed E-state index contributed by atoms with van der Waals surface area (Å²) in [5.41, 5.74) is 0. The van der Waals surface area contributed by atoms with Crippen LogP contribution in [-0.2, 0) is 23.1 Å². The zero-order valence-corrected chi connectivity index (χ0v) is 13.6. The predicted molar refractivity (Wildman–Crippen MR) is 76.9 cm³/mol. The van der Waals surface area contributed by atoms with E-state index in [0.29, 0.717) is 19.0 Å². The van der Waals surface area contributed by atoms with Gasteiger partial charge in [-0.3, -0.25) is 9.36 Å². The third-order valence-corrected chi connectivity index (χ3v) is 5.31. The van der Waals surface area contributed by atoms with Crippen molar-refractivity contribution >= 4 is 13.5 Å². The molecule has 118 valence electrons. The Morgan fingerprint density at radius 3 is 2.20 bits per heavy atom. The molecule has 0 radical (unpaired) electrons. The second kappa shape index (κ2) is 8.78. The summed E-state index contributed by atoms with van der Waals surface area (Å²) in [6, 6.07) is 0. The van der Waals surface area contributed by atoms with Crippen LogP contribution in [0.5, 0.6) is 0 Å². The number of ether oxygens (including phenoxy) is 1. The van der Waals surface area contributed by atoms with Crippen molar-refractivity contribution in [3.8, 4) is 0 Å². The first kappa shape index (κ1) is 17.6. The molecule has 0 N–H and O–H groups in total. The molecule has 1 heterocycles. The molecule has 20 heavy (non-hydrogen) atoms. The molecule has 1 aliphatic rings. The largest absolute Gasteiger partial charge is 0.384 e. The Balaban J connectivity index is 2.48. The molecule has 0 unspecified atom stereocenters. The Labute approximate surface area is 121 Å². The standard InChI is InChI=1S/C13H26NO5P/c1-4-18-20(16,19-5-2)11-13(15)14-8-6-12(7-9-14)10-17-3/h12H,4-11H2,1-3H3. The number of hydrogen-bond acceptors (Lipinski definition) is 5. The average molecular weight is 307 g/mol. The lowest BCUT2D eigenvalue weighted by Crippen LogP contribution is -2.40. The number of rotatable bonds is 8. The lowest BCUT2D eigenvalue weighted by molar-refractivity contribution is -0.130. The van der Waals surface area contributed by atoms with Crippen LogP contribution in [0, 0.1) is 5.92 Å². The number of carbonyl (C=O) groups excluding carboxylic acids is 1. The minimum absolute atomic E-state index is 0.147. The van der Waals surface area contributed by atoms with Crippen molar-refractivity contribution < 1.29 is 23.1 Å². The molecule has 1 saturated heterocycles. The molecule has 0 bridgehead atoms. The van der Waals surface area contributed by atoms with Crippen LogP contribution >= 0.6 is 7.60 Å². The van der Waals surface area contributed by atoms with E-state index in [9.17, 15) is 9.36 Å². The molecule has 0 aromatic carbocycles. The predicted octanol–water partition coefficient (Wildman–Crippen LogP) is 2.14. The third-order valence-electron chi connectivity index (χ3n) is 3.35. The van der Waals surface area contributed by atoms with Crippen molar-refractivity contribution in [2.45, 2.75) is 26.7 Å². The molecule has 1 rings (SSSR count). The minimum Gasteiger partial charge on any atom is -0.384 e. The SMILES string of the molecule is CCOP(=O)(CC(=O)N1CCC(COC)CC1)OCC. The van der Waals surface area contributed by atoms with Gasteiger partial charge >= 0.3 is 7.60 Å². The van der Waals surface area contributed by atoms with E-state index in [1.165, 1.54) is 0 Å². The summed E-state index contributed by atoms with van der Waals surface area (Å²) in [7, 11) is -1.59. The monoisotopic (exact) mass is 307 g/mol. The summed E-state index contributed by atoms with van der Waals surface area (Å²) in [4.78, 5) is 13.9. The lowest BCUT2D eigenvalue weighted by atomic mass is 9.98. The van der Waals surface area contributed by atoms with Gasteiger partial charge in [0.2, 0.25) is 5.91 Å². The van der Waals surface area contributed by atoms with Gasteiger partial charge in [-0.15, -0.1) is 0 Å². The normalized spacial score (nSPS) is 17.4. The molecule has 0 aromatic heterocycles. The molecule has 7 heteroatoms. The maximum atomic E-state index is 12.3. The van der Waals surface area contributed by atoms with Gasteiger partial charge in [0, 0.05) is 26.8 Å². The highest BCUT2D eigenvalue weighted by Gasteiger charge is 2.31. The van der Waals surface area contributed by atoms with Crippen molar-refractivity contribution in [3.05, 3.63) is 0 Å². The number of carbonyl (C=O) groups is 1. The van der Waals surface area contributed by atoms with Gasteiger partial charge in [-0.05, 0) is 32.6 Å². The molecule has 0 aliphatic carbocycles. The summed E-state index contributed by atoms with van der Waals surface area (Å²) >= 11 is 0. The van der Waals surface area contributed by atoms with E-state index < -0.39 is 7.60 Å². The molecule has 1 amide bonds. The van der Waals surface area contributed by atoms with Crippen molar-refractivity contribution in [2.24, 2.45) is 5.92 Å². The Morgan fingerprint density at radius 1 is 1.20 bits per heavy atom. The molecular weight excluding hydrogens is 281 g/mol. The smallest absolute Gasteiger partial charge is 0.340 e. The number of piperidine rings is 1. The number of nitrogens with zero attached hydrogens (tertiary/aromatic N) is 1. The van der Waals surface area contributed by atoms with Crippen LogP contribution in [0.15, 0.2) is 0 Å². The quantitative estimate of drug-likeness (QED) is 0.643. The van der Waals surface area contributed by atoms with Gasteiger partial charge in [0.1, 0.15) is 6.16 Å². The molecular formula is C13H26NO5P. The Hall–Kier alpha value is -0.420. The van der Waals surface area contributed by atoms with Crippen LogP contribution in [0.1, 0.15) is 26.7 Å². The van der Waals surface area contributed by atoms with Crippen molar-refractivity contribution in [1.29, 1.82) is 0 Å². The second-order valence-electron chi connectivity index (χ2n) is 4.88. The molecule has 1 aliphatic heterocycles. The molecule has 6 nitrogen and oxygen atoms in total. The molecule has 0 aromatic rings. The van der Waals surface area contributed by atoms with E-state index in [2.05, 4.69) is 0 Å². The summed E-state index contributed by atoms with van der Waals surface area (Å²) in [5.74, 6) is 0.362. The summed E-state index contributed by atoms with van der Waals surface area (Å²) in [5, 5.41) is 0. The van der Waals surface area contributed by atoms with Crippen LogP contribution in [0.2, 0.25) is 0 Å². The number of methoxy groups -OCH3 is 1. The van der Waals surface area contributed by atoms with Crippen molar-refractivity contribution in [3.63, 3.8) is 0 Å². The van der Waals surface area contributed by atoms with Crippen LogP contribution in [0.4, 0.5) is 0 Å². The molecule has 0 spiro atoms. The minimum atomic E-state index is -3.29. The third kappa shape index (κ3) is 5.52. The summed E-state index contributed by atoms with van der Waals surface area (Å²) in [6.45, 7) is 6.15. The van der Waals surface area contributed by atoms with E-state index >= 15 is 0 Å². The average Bonchev–Trinajstić information content (AvgIpc) is 2.40. The Morgan fingerprint density at radius 2 is 1.75 bits per heavy atom. The zero-order chi connectivity index (χ0) is 15.0. The van der Waals surface area contributed by atoms with Crippen LogP contribution < -0.4 is 0 Å². The first-order valence-electron chi connectivity index (χ1n) is 7.19. The maximum Gasteiger partial charge on any atom is 0.340 e. The van der Waals surface area contributed by atoms with Crippen LogP contribution in [0.25, 0.3) is 0 Å². The molecule has 0 saturated carbocycles. The highest BCUT2D eigenvalue weighted by molar-refractivity contribution is 7.54. The lowest BCUT2D eigenvalue weighted by Gasteiger charge is -2.32.